The molecule has 0 bridgehead atoms. The van der Waals surface area contributed by atoms with Crippen molar-refractivity contribution in [3.8, 4) is 11.5 Å². The van der Waals surface area contributed by atoms with Crippen molar-refractivity contribution >= 4 is 46.0 Å². The molecular formula is C23H17ClF5N7O2. The lowest BCUT2D eigenvalue weighted by atomic mass is 9.83. The van der Waals surface area contributed by atoms with E-state index in [1.165, 1.54) is 25.1 Å². The molecule has 0 saturated heterocycles. The van der Waals surface area contributed by atoms with Crippen molar-refractivity contribution in [3.63, 3.8) is 0 Å². The summed E-state index contributed by atoms with van der Waals surface area (Å²) in [4.78, 5) is 34.3. The Morgan fingerprint density at radius 1 is 1.24 bits per heavy atom. The fourth-order valence-corrected chi connectivity index (χ4v) is 4.30. The number of aromatic nitrogens is 4. The first-order valence-electron chi connectivity index (χ1n) is 11.0. The average Bonchev–Trinajstić information content (AvgIpc) is 3.28. The van der Waals surface area contributed by atoms with Crippen LogP contribution in [0.3, 0.4) is 0 Å². The minimum Gasteiger partial charge on any atom is -0.383 e. The molecule has 9 nitrogen and oxygen atoms in total. The van der Waals surface area contributed by atoms with E-state index in [0.717, 1.165) is 4.68 Å². The molecule has 2 amide bonds. The Morgan fingerprint density at radius 2 is 1.95 bits per heavy atom. The number of rotatable bonds is 6. The number of carbonyl (C=O) groups excluding carboxylic acids is 2. The van der Waals surface area contributed by atoms with Gasteiger partial charge in [0.2, 0.25) is 11.8 Å². The Balaban J connectivity index is 1.56. The van der Waals surface area contributed by atoms with Gasteiger partial charge in [-0.25, -0.2) is 9.97 Å². The summed E-state index contributed by atoms with van der Waals surface area (Å²) >= 11 is 6.02. The number of nitrogens with two attached hydrogens (primary N) is 1. The average molecular weight is 554 g/mol. The molecule has 1 aromatic carbocycles. The number of nitrogens with zero attached hydrogens (tertiary/aromatic N) is 4. The highest BCUT2D eigenvalue weighted by molar-refractivity contribution is 6.31. The molecule has 5 rings (SSSR count). The molecule has 0 radical (unpaired) electrons. The Bertz CT molecular complexity index is 1580. The van der Waals surface area contributed by atoms with E-state index in [4.69, 9.17) is 17.3 Å². The van der Waals surface area contributed by atoms with Crippen LogP contribution in [-0.4, -0.2) is 43.7 Å². The van der Waals surface area contributed by atoms with Crippen LogP contribution in [0.4, 0.5) is 33.6 Å². The molecule has 3 aromatic rings. The monoisotopic (exact) mass is 553 g/mol. The third-order valence-electron chi connectivity index (χ3n) is 6.36. The quantitative estimate of drug-likeness (QED) is 0.311. The van der Waals surface area contributed by atoms with Gasteiger partial charge in [0.15, 0.2) is 11.2 Å². The van der Waals surface area contributed by atoms with Crippen molar-refractivity contribution in [1.29, 1.82) is 0 Å². The van der Waals surface area contributed by atoms with Gasteiger partial charge in [0.05, 0.1) is 11.1 Å². The summed E-state index contributed by atoms with van der Waals surface area (Å²) in [6, 6.07) is 4.29. The van der Waals surface area contributed by atoms with E-state index in [9.17, 15) is 31.5 Å². The molecule has 0 saturated carbocycles. The smallest absolute Gasteiger partial charge is 0.383 e. The molecule has 3 heterocycles. The van der Waals surface area contributed by atoms with Crippen molar-refractivity contribution < 1.29 is 31.5 Å². The third kappa shape index (κ3) is 3.95. The predicted molar refractivity (Wildman–Crippen MR) is 127 cm³/mol. The summed E-state index contributed by atoms with van der Waals surface area (Å²) in [6.07, 6.45) is -2.32. The lowest BCUT2D eigenvalue weighted by molar-refractivity contribution is -0.285. The van der Waals surface area contributed by atoms with Crippen LogP contribution in [0.1, 0.15) is 18.9 Å². The third-order valence-corrected chi connectivity index (χ3v) is 6.60. The van der Waals surface area contributed by atoms with E-state index in [-0.39, 0.29) is 44.6 Å². The first-order valence-corrected chi connectivity index (χ1v) is 11.4. The zero-order valence-corrected chi connectivity index (χ0v) is 20.1. The van der Waals surface area contributed by atoms with E-state index in [2.05, 4.69) is 25.7 Å². The van der Waals surface area contributed by atoms with Crippen molar-refractivity contribution in [2.24, 2.45) is 0 Å². The number of amides is 2. The standard InChI is InChI=1S/C23H17ClF5N7O2/c1-21(19(37)31-11-3-2-4-11)14-16(30)32-18(33-17(14)34-20(21)38)15-12-6-5-10(24)9-13(12)36(35-15)8-7-22(25,26)23(27,28)29/h2-6,9H,7-8H2,1H3,(H,31,37)(H3,30,32,33,34,38). The Morgan fingerprint density at radius 3 is 2.58 bits per heavy atom. The van der Waals surface area contributed by atoms with Gasteiger partial charge in [0.1, 0.15) is 17.3 Å². The molecule has 2 aromatic heterocycles. The van der Waals surface area contributed by atoms with Crippen molar-refractivity contribution in [2.45, 2.75) is 37.4 Å². The largest absolute Gasteiger partial charge is 0.453 e. The Labute approximate surface area is 215 Å². The zero-order chi connectivity index (χ0) is 27.6. The second-order valence-corrected chi connectivity index (χ2v) is 9.29. The SMILES string of the molecule is CC1(C(=O)NC2=CC=C2)C(=O)Nc2nc(-c3nn(CCC(F)(F)C(F)(F)F)c4cc(Cl)ccc34)nc(N)c21. The van der Waals surface area contributed by atoms with Gasteiger partial charge in [-0.3, -0.25) is 14.3 Å². The van der Waals surface area contributed by atoms with Gasteiger partial charge >= 0.3 is 12.1 Å². The fourth-order valence-electron chi connectivity index (χ4n) is 4.13. The molecule has 2 aliphatic rings. The normalized spacial score (nSPS) is 18.7. The van der Waals surface area contributed by atoms with Crippen molar-refractivity contribution in [2.75, 3.05) is 11.1 Å². The van der Waals surface area contributed by atoms with Gasteiger partial charge in [0.25, 0.3) is 0 Å². The molecule has 4 N–H and O–H groups in total. The van der Waals surface area contributed by atoms with Crippen LogP contribution < -0.4 is 16.4 Å². The Hall–Kier alpha value is -4.07. The lowest BCUT2D eigenvalue weighted by Crippen LogP contribution is -2.47. The van der Waals surface area contributed by atoms with Crippen LogP contribution in [0.15, 0.2) is 42.1 Å². The minimum atomic E-state index is -5.73. The Kier molecular flexibility index (Phi) is 5.71. The van der Waals surface area contributed by atoms with Crippen LogP contribution in [0, 0.1) is 0 Å². The van der Waals surface area contributed by atoms with E-state index in [1.807, 2.05) is 0 Å². The topological polar surface area (TPSA) is 128 Å². The molecule has 198 valence electrons. The first-order chi connectivity index (χ1) is 17.7. The summed E-state index contributed by atoms with van der Waals surface area (Å²) in [7, 11) is 0. The number of nitrogen functional groups attached to an aromatic ring is 1. The van der Waals surface area contributed by atoms with Gasteiger partial charge in [-0.1, -0.05) is 17.7 Å². The first kappa shape index (κ1) is 25.6. The predicted octanol–water partition coefficient (Wildman–Crippen LogP) is 4.10. The summed E-state index contributed by atoms with van der Waals surface area (Å²) in [6.45, 7) is 0.557. The molecule has 1 aliphatic heterocycles. The van der Waals surface area contributed by atoms with Gasteiger partial charge in [-0.05, 0) is 37.3 Å². The number of fused-ring (bicyclic) bond motifs is 2. The highest BCUT2D eigenvalue weighted by atomic mass is 35.5. The number of anilines is 2. The van der Waals surface area contributed by atoms with E-state index < -0.39 is 42.3 Å². The summed E-state index contributed by atoms with van der Waals surface area (Å²) in [5.74, 6) is -6.75. The molecule has 0 fully saturated rings. The maximum atomic E-state index is 13.6. The highest BCUT2D eigenvalue weighted by Gasteiger charge is 2.57. The van der Waals surface area contributed by atoms with Gasteiger partial charge in [-0.2, -0.15) is 27.1 Å². The van der Waals surface area contributed by atoms with Gasteiger partial charge < -0.3 is 16.4 Å². The molecule has 1 aliphatic carbocycles. The van der Waals surface area contributed by atoms with Crippen molar-refractivity contribution in [3.05, 3.63) is 52.7 Å². The summed E-state index contributed by atoms with van der Waals surface area (Å²) in [5.41, 5.74) is 5.09. The molecule has 1 atom stereocenters. The number of hydrogen-bond acceptors (Lipinski definition) is 6. The lowest BCUT2D eigenvalue weighted by Gasteiger charge is -2.23. The van der Waals surface area contributed by atoms with Crippen LogP contribution in [0.25, 0.3) is 22.4 Å². The summed E-state index contributed by atoms with van der Waals surface area (Å²) in [5, 5.41) is 9.76. The van der Waals surface area contributed by atoms with E-state index >= 15 is 0 Å². The number of carbonyl (C=O) groups is 2. The molecule has 0 spiro atoms. The highest BCUT2D eigenvalue weighted by Crippen LogP contribution is 2.42. The van der Waals surface area contributed by atoms with E-state index in [1.54, 1.807) is 18.2 Å². The van der Waals surface area contributed by atoms with Crippen LogP contribution >= 0.6 is 11.6 Å². The molecule has 15 heteroatoms. The maximum absolute atomic E-state index is 13.6. The number of allylic oxidation sites excluding steroid dienone is 3. The number of halogens is 6. The summed E-state index contributed by atoms with van der Waals surface area (Å²) < 4.78 is 66.2. The van der Waals surface area contributed by atoms with Gasteiger partial charge in [-0.15, -0.1) is 0 Å². The number of alkyl halides is 5. The second-order valence-electron chi connectivity index (χ2n) is 8.86. The fraction of sp³-hybridized carbons (Fsp3) is 0.261. The maximum Gasteiger partial charge on any atom is 0.453 e. The number of nitrogens with one attached hydrogen (secondary N) is 2. The van der Waals surface area contributed by atoms with Crippen LogP contribution in [0.2, 0.25) is 5.02 Å². The zero-order valence-electron chi connectivity index (χ0n) is 19.3. The van der Waals surface area contributed by atoms with E-state index in [0.29, 0.717) is 5.70 Å². The number of hydrogen-bond donors (Lipinski definition) is 3. The molecular weight excluding hydrogens is 537 g/mol. The number of benzene rings is 1. The number of aryl methyl sites for hydroxylation is 1. The minimum absolute atomic E-state index is 0.00134. The molecule has 38 heavy (non-hydrogen) atoms. The molecule has 1 unspecified atom stereocenters. The second kappa shape index (κ2) is 8.48. The van der Waals surface area contributed by atoms with Crippen LogP contribution in [0.5, 0.6) is 0 Å². The van der Waals surface area contributed by atoms with Crippen molar-refractivity contribution in [1.82, 2.24) is 25.1 Å². The van der Waals surface area contributed by atoms with Crippen LogP contribution in [-0.2, 0) is 21.5 Å². The van der Waals surface area contributed by atoms with Gasteiger partial charge in [0, 0.05) is 29.1 Å².